The van der Waals surface area contributed by atoms with Crippen molar-refractivity contribution in [3.8, 4) is 0 Å². The summed E-state index contributed by atoms with van der Waals surface area (Å²) in [7, 11) is 1.20. The number of alkyl halides is 3. The number of esters is 1. The highest BCUT2D eigenvalue weighted by Crippen LogP contribution is 2.17. The van der Waals surface area contributed by atoms with Crippen LogP contribution >= 0.6 is 11.3 Å². The summed E-state index contributed by atoms with van der Waals surface area (Å²) in [4.78, 5) is 14.7. The van der Waals surface area contributed by atoms with Gasteiger partial charge in [-0.15, -0.1) is 11.3 Å². The third-order valence-corrected chi connectivity index (χ3v) is 2.26. The SMILES string of the molecule is COC(=O)c1csc(COCC(F)(F)F)n1. The van der Waals surface area contributed by atoms with Crippen LogP contribution in [0, 0.1) is 0 Å². The molecule has 0 unspecified atom stereocenters. The van der Waals surface area contributed by atoms with Gasteiger partial charge >= 0.3 is 12.1 Å². The number of hydrogen-bond donors (Lipinski definition) is 0. The Morgan fingerprint density at radius 1 is 1.56 bits per heavy atom. The van der Waals surface area contributed by atoms with Gasteiger partial charge in [0.05, 0.1) is 13.7 Å². The predicted molar refractivity (Wildman–Crippen MR) is 49.2 cm³/mol. The van der Waals surface area contributed by atoms with E-state index < -0.39 is 18.8 Å². The molecule has 0 bridgehead atoms. The highest BCUT2D eigenvalue weighted by molar-refractivity contribution is 7.09. The van der Waals surface area contributed by atoms with E-state index in [0.717, 1.165) is 11.3 Å². The van der Waals surface area contributed by atoms with Crippen LogP contribution in [0.1, 0.15) is 15.5 Å². The molecule has 1 heterocycles. The van der Waals surface area contributed by atoms with Gasteiger partial charge in [-0.05, 0) is 0 Å². The summed E-state index contributed by atoms with van der Waals surface area (Å²) in [6.45, 7) is -1.61. The van der Waals surface area contributed by atoms with Crippen LogP contribution in [0.2, 0.25) is 0 Å². The van der Waals surface area contributed by atoms with Crippen molar-refractivity contribution in [2.45, 2.75) is 12.8 Å². The average molecular weight is 255 g/mol. The second kappa shape index (κ2) is 5.26. The molecule has 0 N–H and O–H groups in total. The number of hydrogen-bond acceptors (Lipinski definition) is 5. The van der Waals surface area contributed by atoms with E-state index in [1.54, 1.807) is 0 Å². The van der Waals surface area contributed by atoms with Crippen molar-refractivity contribution in [1.82, 2.24) is 4.98 Å². The van der Waals surface area contributed by atoms with Crippen molar-refractivity contribution in [2.75, 3.05) is 13.7 Å². The third-order valence-electron chi connectivity index (χ3n) is 1.44. The summed E-state index contributed by atoms with van der Waals surface area (Å²) < 4.78 is 44.0. The zero-order valence-corrected chi connectivity index (χ0v) is 9.02. The maximum absolute atomic E-state index is 11.7. The molecule has 90 valence electrons. The Hall–Kier alpha value is -1.15. The lowest BCUT2D eigenvalue weighted by Gasteiger charge is -2.05. The van der Waals surface area contributed by atoms with Gasteiger partial charge in [0, 0.05) is 5.38 Å². The molecule has 4 nitrogen and oxygen atoms in total. The number of ether oxygens (including phenoxy) is 2. The topological polar surface area (TPSA) is 48.4 Å². The van der Waals surface area contributed by atoms with Gasteiger partial charge in [0.25, 0.3) is 0 Å². The van der Waals surface area contributed by atoms with Crippen LogP contribution in [0.5, 0.6) is 0 Å². The minimum Gasteiger partial charge on any atom is -0.464 e. The van der Waals surface area contributed by atoms with E-state index in [4.69, 9.17) is 0 Å². The molecule has 0 aromatic carbocycles. The van der Waals surface area contributed by atoms with Crippen molar-refractivity contribution in [3.05, 3.63) is 16.1 Å². The standard InChI is InChI=1S/C8H8F3NO3S/c1-14-7(13)5-3-16-6(12-5)2-15-4-8(9,10)11/h3H,2,4H2,1H3. The summed E-state index contributed by atoms with van der Waals surface area (Å²) in [6, 6.07) is 0. The average Bonchev–Trinajstić information content (AvgIpc) is 2.63. The van der Waals surface area contributed by atoms with E-state index in [-0.39, 0.29) is 12.3 Å². The number of carbonyl (C=O) groups is 1. The van der Waals surface area contributed by atoms with Crippen molar-refractivity contribution in [1.29, 1.82) is 0 Å². The van der Waals surface area contributed by atoms with Crippen molar-refractivity contribution < 1.29 is 27.4 Å². The van der Waals surface area contributed by atoms with Gasteiger partial charge in [0.1, 0.15) is 11.6 Å². The first-order valence-corrected chi connectivity index (χ1v) is 4.97. The molecule has 0 atom stereocenters. The molecule has 0 spiro atoms. The molecule has 0 aliphatic heterocycles. The summed E-state index contributed by atoms with van der Waals surface area (Å²) in [5.41, 5.74) is 0.0677. The number of carbonyl (C=O) groups excluding carboxylic acids is 1. The lowest BCUT2D eigenvalue weighted by molar-refractivity contribution is -0.176. The Morgan fingerprint density at radius 3 is 2.81 bits per heavy atom. The van der Waals surface area contributed by atoms with Gasteiger partial charge in [-0.1, -0.05) is 0 Å². The maximum atomic E-state index is 11.7. The Balaban J connectivity index is 2.44. The quantitative estimate of drug-likeness (QED) is 0.772. The van der Waals surface area contributed by atoms with Crippen molar-refractivity contribution >= 4 is 17.3 Å². The highest BCUT2D eigenvalue weighted by Gasteiger charge is 2.27. The van der Waals surface area contributed by atoms with Crippen LogP contribution in [0.25, 0.3) is 0 Å². The molecule has 16 heavy (non-hydrogen) atoms. The summed E-state index contributed by atoms with van der Waals surface area (Å²) >= 11 is 1.04. The van der Waals surface area contributed by atoms with E-state index in [1.165, 1.54) is 12.5 Å². The summed E-state index contributed by atoms with van der Waals surface area (Å²) in [5, 5.41) is 1.70. The maximum Gasteiger partial charge on any atom is 0.411 e. The van der Waals surface area contributed by atoms with Gasteiger partial charge in [-0.25, -0.2) is 9.78 Å². The molecule has 0 saturated carbocycles. The zero-order valence-electron chi connectivity index (χ0n) is 8.21. The van der Waals surface area contributed by atoms with Gasteiger partial charge < -0.3 is 9.47 Å². The van der Waals surface area contributed by atoms with Crippen LogP contribution in [0.4, 0.5) is 13.2 Å². The Kier molecular flexibility index (Phi) is 4.25. The van der Waals surface area contributed by atoms with Crippen LogP contribution in [0.3, 0.4) is 0 Å². The monoisotopic (exact) mass is 255 g/mol. The summed E-state index contributed by atoms with van der Waals surface area (Å²) in [5.74, 6) is -0.627. The number of nitrogens with zero attached hydrogens (tertiary/aromatic N) is 1. The van der Waals surface area contributed by atoms with Crippen molar-refractivity contribution in [2.24, 2.45) is 0 Å². The number of halogens is 3. The normalized spacial score (nSPS) is 11.5. The van der Waals surface area contributed by atoms with E-state index >= 15 is 0 Å². The molecule has 0 amide bonds. The molecule has 0 fully saturated rings. The van der Waals surface area contributed by atoms with E-state index in [9.17, 15) is 18.0 Å². The highest BCUT2D eigenvalue weighted by atomic mass is 32.1. The number of methoxy groups -OCH3 is 1. The Morgan fingerprint density at radius 2 is 2.25 bits per heavy atom. The second-order valence-electron chi connectivity index (χ2n) is 2.73. The first kappa shape index (κ1) is 12.9. The smallest absolute Gasteiger partial charge is 0.411 e. The number of rotatable bonds is 4. The molecule has 0 aliphatic rings. The van der Waals surface area contributed by atoms with E-state index in [2.05, 4.69) is 14.5 Å². The first-order chi connectivity index (χ1) is 7.42. The predicted octanol–water partition coefficient (Wildman–Crippen LogP) is 2.01. The Bertz CT molecular complexity index is 364. The second-order valence-corrected chi connectivity index (χ2v) is 3.67. The van der Waals surface area contributed by atoms with Crippen molar-refractivity contribution in [3.63, 3.8) is 0 Å². The molecule has 0 radical (unpaired) electrons. The van der Waals surface area contributed by atoms with Gasteiger partial charge in [-0.2, -0.15) is 13.2 Å². The lowest BCUT2D eigenvalue weighted by Crippen LogP contribution is -2.16. The fourth-order valence-electron chi connectivity index (χ4n) is 0.830. The largest absolute Gasteiger partial charge is 0.464 e. The van der Waals surface area contributed by atoms with Crippen LogP contribution in [0.15, 0.2) is 5.38 Å². The molecule has 1 aromatic heterocycles. The van der Waals surface area contributed by atoms with Crippen LogP contribution in [-0.4, -0.2) is 30.8 Å². The van der Waals surface area contributed by atoms with E-state index in [1.807, 2.05) is 0 Å². The molecule has 0 saturated heterocycles. The van der Waals surface area contributed by atoms with Gasteiger partial charge in [0.2, 0.25) is 0 Å². The number of thiazole rings is 1. The minimum atomic E-state index is -4.36. The fourth-order valence-corrected chi connectivity index (χ4v) is 1.53. The van der Waals surface area contributed by atoms with Crippen LogP contribution < -0.4 is 0 Å². The number of aromatic nitrogens is 1. The minimum absolute atomic E-state index is 0.0677. The van der Waals surface area contributed by atoms with Crippen LogP contribution in [-0.2, 0) is 16.1 Å². The molecule has 0 aliphatic carbocycles. The lowest BCUT2D eigenvalue weighted by atomic mass is 10.5. The first-order valence-electron chi connectivity index (χ1n) is 4.09. The third kappa shape index (κ3) is 4.15. The molecular formula is C8H8F3NO3S. The van der Waals surface area contributed by atoms with Gasteiger partial charge in [0.15, 0.2) is 5.69 Å². The molecule has 8 heteroatoms. The zero-order chi connectivity index (χ0) is 12.2. The Labute approximate surface area is 93.0 Å². The van der Waals surface area contributed by atoms with Gasteiger partial charge in [-0.3, -0.25) is 0 Å². The molecular weight excluding hydrogens is 247 g/mol. The molecule has 1 rings (SSSR count). The molecule has 1 aromatic rings. The fraction of sp³-hybridized carbons (Fsp3) is 0.500. The van der Waals surface area contributed by atoms with E-state index in [0.29, 0.717) is 5.01 Å². The summed E-state index contributed by atoms with van der Waals surface area (Å²) in [6.07, 6.45) is -4.36.